The first-order valence-corrected chi connectivity index (χ1v) is 11.8. The van der Waals surface area contributed by atoms with Gasteiger partial charge in [0.25, 0.3) is 5.91 Å². The van der Waals surface area contributed by atoms with Crippen LogP contribution >= 0.6 is 27.3 Å². The number of thiophene rings is 1. The molecule has 8 nitrogen and oxygen atoms in total. The zero-order valence-corrected chi connectivity index (χ0v) is 20.3. The number of aryl methyl sites for hydroxylation is 1. The maximum atomic E-state index is 12.5. The van der Waals surface area contributed by atoms with Crippen LogP contribution in [0.1, 0.15) is 35.0 Å². The molecule has 1 unspecified atom stereocenters. The topological polar surface area (TPSA) is 107 Å². The number of ether oxygens (including phenoxy) is 1. The average molecular weight is 518 g/mol. The SMILES string of the molecule is Cc1cc(NC(=O)CC(C)NC(=O)c2ccc(Br)s2)ccc1N1CCOCCC1=NC#N. The van der Waals surface area contributed by atoms with Crippen LogP contribution in [0.4, 0.5) is 11.4 Å². The highest BCUT2D eigenvalue weighted by Crippen LogP contribution is 2.26. The molecule has 2 N–H and O–H groups in total. The maximum Gasteiger partial charge on any atom is 0.261 e. The van der Waals surface area contributed by atoms with Gasteiger partial charge in [0.05, 0.1) is 21.9 Å². The van der Waals surface area contributed by atoms with Crippen molar-refractivity contribution in [1.29, 1.82) is 5.26 Å². The van der Waals surface area contributed by atoms with Crippen molar-refractivity contribution in [2.45, 2.75) is 32.7 Å². The first-order valence-electron chi connectivity index (χ1n) is 10.1. The number of nitriles is 1. The van der Waals surface area contributed by atoms with Gasteiger partial charge in [0.2, 0.25) is 12.1 Å². The quantitative estimate of drug-likeness (QED) is 0.561. The molecule has 1 saturated heterocycles. The van der Waals surface area contributed by atoms with E-state index in [-0.39, 0.29) is 24.3 Å². The summed E-state index contributed by atoms with van der Waals surface area (Å²) >= 11 is 4.68. The molecule has 1 fully saturated rings. The predicted octanol–water partition coefficient (Wildman–Crippen LogP) is 4.07. The number of amides is 2. The van der Waals surface area contributed by atoms with Gasteiger partial charge >= 0.3 is 0 Å². The van der Waals surface area contributed by atoms with Crippen LogP contribution in [0.5, 0.6) is 0 Å². The van der Waals surface area contributed by atoms with E-state index in [4.69, 9.17) is 10.00 Å². The van der Waals surface area contributed by atoms with Gasteiger partial charge in [-0.1, -0.05) is 0 Å². The Kier molecular flexibility index (Phi) is 8.39. The normalized spacial score (nSPS) is 16.2. The number of hydrogen-bond donors (Lipinski definition) is 2. The molecule has 1 aromatic heterocycles. The number of anilines is 2. The lowest BCUT2D eigenvalue weighted by Gasteiger charge is -2.25. The lowest BCUT2D eigenvalue weighted by atomic mass is 10.1. The Hall–Kier alpha value is -2.74. The molecule has 168 valence electrons. The third-order valence-corrected chi connectivity index (χ3v) is 6.48. The maximum absolute atomic E-state index is 12.5. The van der Waals surface area contributed by atoms with Crippen molar-refractivity contribution in [1.82, 2.24) is 5.32 Å². The first-order chi connectivity index (χ1) is 15.4. The van der Waals surface area contributed by atoms with E-state index < -0.39 is 0 Å². The van der Waals surface area contributed by atoms with E-state index in [0.29, 0.717) is 42.6 Å². The first kappa shape index (κ1) is 23.9. The van der Waals surface area contributed by atoms with Crippen LogP contribution in [0.3, 0.4) is 0 Å². The molecule has 32 heavy (non-hydrogen) atoms. The lowest BCUT2D eigenvalue weighted by molar-refractivity contribution is -0.116. The number of benzene rings is 1. The Labute approximate surface area is 199 Å². The fourth-order valence-electron chi connectivity index (χ4n) is 3.43. The highest BCUT2D eigenvalue weighted by molar-refractivity contribution is 9.11. The molecule has 1 atom stereocenters. The van der Waals surface area contributed by atoms with Crippen molar-refractivity contribution >= 4 is 56.3 Å². The van der Waals surface area contributed by atoms with E-state index in [1.807, 2.05) is 42.3 Å². The molecule has 1 aromatic carbocycles. The average Bonchev–Trinajstić information content (AvgIpc) is 3.04. The Balaban J connectivity index is 1.61. The smallest absolute Gasteiger partial charge is 0.261 e. The van der Waals surface area contributed by atoms with Crippen molar-refractivity contribution in [3.05, 3.63) is 44.6 Å². The van der Waals surface area contributed by atoms with Gasteiger partial charge in [0.15, 0.2) is 0 Å². The lowest BCUT2D eigenvalue weighted by Crippen LogP contribution is -2.35. The van der Waals surface area contributed by atoms with Crippen LogP contribution in [0, 0.1) is 18.4 Å². The molecule has 1 aliphatic heterocycles. The minimum Gasteiger partial charge on any atom is -0.379 e. The number of hydrogen-bond acceptors (Lipinski definition) is 6. The molecule has 2 amide bonds. The third kappa shape index (κ3) is 6.38. The van der Waals surface area contributed by atoms with Crippen LogP contribution in [0.15, 0.2) is 39.1 Å². The van der Waals surface area contributed by atoms with E-state index in [0.717, 1.165) is 15.0 Å². The molecule has 0 bridgehead atoms. The third-order valence-electron chi connectivity index (χ3n) is 4.86. The van der Waals surface area contributed by atoms with Crippen LogP contribution in [-0.4, -0.2) is 43.5 Å². The molecule has 3 rings (SSSR count). The van der Waals surface area contributed by atoms with Gasteiger partial charge in [-0.2, -0.15) is 10.3 Å². The number of amidine groups is 1. The van der Waals surface area contributed by atoms with Gasteiger partial charge < -0.3 is 20.3 Å². The van der Waals surface area contributed by atoms with Crippen molar-refractivity contribution in [3.63, 3.8) is 0 Å². The molecule has 10 heteroatoms. The van der Waals surface area contributed by atoms with Crippen LogP contribution in [0.25, 0.3) is 0 Å². The fraction of sp³-hybridized carbons (Fsp3) is 0.364. The summed E-state index contributed by atoms with van der Waals surface area (Å²) in [5.41, 5.74) is 2.53. The molecule has 0 spiro atoms. The number of rotatable bonds is 6. The number of aliphatic imine (C=N–C) groups is 1. The molecular formula is C22H24BrN5O3S. The Morgan fingerprint density at radius 1 is 1.34 bits per heavy atom. The molecule has 0 aliphatic carbocycles. The number of carbonyl (C=O) groups is 2. The minimum absolute atomic E-state index is 0.154. The minimum atomic E-state index is -0.314. The van der Waals surface area contributed by atoms with Crippen LogP contribution in [0.2, 0.25) is 0 Å². The summed E-state index contributed by atoms with van der Waals surface area (Å²) < 4.78 is 6.39. The highest BCUT2D eigenvalue weighted by Gasteiger charge is 2.20. The summed E-state index contributed by atoms with van der Waals surface area (Å²) in [6.45, 7) is 5.43. The zero-order chi connectivity index (χ0) is 23.1. The molecule has 0 radical (unpaired) electrons. The van der Waals surface area contributed by atoms with Crippen molar-refractivity contribution < 1.29 is 14.3 Å². The van der Waals surface area contributed by atoms with Gasteiger partial charge in [0.1, 0.15) is 5.84 Å². The molecule has 0 saturated carbocycles. The summed E-state index contributed by atoms with van der Waals surface area (Å²) in [6.07, 6.45) is 2.59. The summed E-state index contributed by atoms with van der Waals surface area (Å²) in [7, 11) is 0. The van der Waals surface area contributed by atoms with Gasteiger partial charge in [-0.25, -0.2) is 0 Å². The summed E-state index contributed by atoms with van der Waals surface area (Å²) in [5, 5.41) is 14.7. The van der Waals surface area contributed by atoms with E-state index in [2.05, 4.69) is 31.6 Å². The fourth-order valence-corrected chi connectivity index (χ4v) is 4.72. The monoisotopic (exact) mass is 517 g/mol. The number of halogens is 1. The Morgan fingerprint density at radius 3 is 2.84 bits per heavy atom. The second-order valence-electron chi connectivity index (χ2n) is 7.37. The van der Waals surface area contributed by atoms with Crippen LogP contribution < -0.4 is 15.5 Å². The Morgan fingerprint density at radius 2 is 2.16 bits per heavy atom. The van der Waals surface area contributed by atoms with Gasteiger partial charge in [-0.3, -0.25) is 9.59 Å². The van der Waals surface area contributed by atoms with Gasteiger partial charge in [0, 0.05) is 36.8 Å². The van der Waals surface area contributed by atoms with E-state index >= 15 is 0 Å². The molecule has 1 aliphatic rings. The Bertz CT molecular complexity index is 1060. The number of nitrogens with one attached hydrogen (secondary N) is 2. The summed E-state index contributed by atoms with van der Waals surface area (Å²) in [4.78, 5) is 31.2. The van der Waals surface area contributed by atoms with E-state index in [1.54, 1.807) is 13.0 Å². The molecule has 2 aromatic rings. The van der Waals surface area contributed by atoms with Gasteiger partial charge in [-0.15, -0.1) is 11.3 Å². The largest absolute Gasteiger partial charge is 0.379 e. The van der Waals surface area contributed by atoms with Crippen LogP contribution in [-0.2, 0) is 9.53 Å². The summed E-state index contributed by atoms with van der Waals surface area (Å²) in [5.74, 6) is 0.289. The van der Waals surface area contributed by atoms with Crippen molar-refractivity contribution in [2.75, 3.05) is 30.0 Å². The predicted molar refractivity (Wildman–Crippen MR) is 129 cm³/mol. The van der Waals surface area contributed by atoms with E-state index in [9.17, 15) is 9.59 Å². The van der Waals surface area contributed by atoms with Crippen molar-refractivity contribution in [3.8, 4) is 6.19 Å². The van der Waals surface area contributed by atoms with Gasteiger partial charge in [-0.05, 0) is 65.7 Å². The number of carbonyl (C=O) groups excluding carboxylic acids is 2. The standard InChI is InChI=1S/C22H24BrN5O3S/c1-14-11-16(3-4-17(14)28-8-10-31-9-7-20(28)25-13-24)27-21(29)12-15(2)26-22(30)18-5-6-19(23)32-18/h3-6,11,15H,7-10,12H2,1-2H3,(H,26,30)(H,27,29). The molecular weight excluding hydrogens is 494 g/mol. The highest BCUT2D eigenvalue weighted by atomic mass is 79.9. The number of nitrogens with zero attached hydrogens (tertiary/aromatic N) is 3. The summed E-state index contributed by atoms with van der Waals surface area (Å²) in [6, 6.07) is 8.85. The van der Waals surface area contributed by atoms with Crippen molar-refractivity contribution in [2.24, 2.45) is 4.99 Å². The molecule has 2 heterocycles. The zero-order valence-electron chi connectivity index (χ0n) is 17.9. The second-order valence-corrected chi connectivity index (χ2v) is 9.84. The van der Waals surface area contributed by atoms with E-state index in [1.165, 1.54) is 11.3 Å². The second kappa shape index (κ2) is 11.2.